The van der Waals surface area contributed by atoms with Gasteiger partial charge in [0.05, 0.1) is 5.75 Å². The van der Waals surface area contributed by atoms with Gasteiger partial charge in [-0.25, -0.2) is 4.39 Å². The van der Waals surface area contributed by atoms with E-state index in [0.717, 1.165) is 11.4 Å². The number of nitrogens with zero attached hydrogens (tertiary/aromatic N) is 2. The van der Waals surface area contributed by atoms with Crippen LogP contribution in [0.25, 0.3) is 0 Å². The van der Waals surface area contributed by atoms with Crippen LogP contribution in [0.15, 0.2) is 33.7 Å². The lowest BCUT2D eigenvalue weighted by Crippen LogP contribution is -2.37. The Morgan fingerprint density at radius 2 is 1.95 bits per heavy atom. The van der Waals surface area contributed by atoms with Crippen LogP contribution in [0.3, 0.4) is 0 Å². The van der Waals surface area contributed by atoms with Gasteiger partial charge < -0.3 is 9.84 Å². The lowest BCUT2D eigenvalue weighted by Gasteiger charge is -2.19. The Morgan fingerprint density at radius 1 is 1.24 bits per heavy atom. The minimum Gasteiger partial charge on any atom is -0.339 e. The first-order valence-electron chi connectivity index (χ1n) is 6.87. The molecular formula is C15H20FN3OS. The van der Waals surface area contributed by atoms with Crippen molar-refractivity contribution in [1.29, 1.82) is 0 Å². The summed E-state index contributed by atoms with van der Waals surface area (Å²) in [5, 5.41) is 7.33. The highest BCUT2D eigenvalue weighted by molar-refractivity contribution is 7.98. The summed E-state index contributed by atoms with van der Waals surface area (Å²) in [5.41, 5.74) is 0.0846. The number of hydrogen-bond acceptors (Lipinski definition) is 5. The van der Waals surface area contributed by atoms with Crippen LogP contribution in [0, 0.1) is 5.82 Å². The van der Waals surface area contributed by atoms with Crippen molar-refractivity contribution in [2.45, 2.75) is 43.4 Å². The van der Waals surface area contributed by atoms with E-state index in [9.17, 15) is 4.39 Å². The molecule has 0 aliphatic carbocycles. The maximum Gasteiger partial charge on any atom is 0.227 e. The van der Waals surface area contributed by atoms with Crippen LogP contribution < -0.4 is 5.32 Å². The highest BCUT2D eigenvalue weighted by Crippen LogP contribution is 2.21. The van der Waals surface area contributed by atoms with E-state index in [1.54, 1.807) is 23.9 Å². The fourth-order valence-corrected chi connectivity index (χ4v) is 2.42. The molecule has 0 saturated carbocycles. The van der Waals surface area contributed by atoms with Crippen LogP contribution in [0.1, 0.15) is 32.5 Å². The summed E-state index contributed by atoms with van der Waals surface area (Å²) in [6, 6.07) is 6.38. The number of hydrogen-bond donors (Lipinski definition) is 1. The minimum absolute atomic E-state index is 0.0846. The molecule has 21 heavy (non-hydrogen) atoms. The molecule has 6 heteroatoms. The normalized spacial score (nSPS) is 11.8. The van der Waals surface area contributed by atoms with Crippen molar-refractivity contribution in [3.8, 4) is 0 Å². The molecule has 0 radical (unpaired) electrons. The van der Waals surface area contributed by atoms with Gasteiger partial charge >= 0.3 is 0 Å². The molecule has 0 fully saturated rings. The number of aromatic nitrogens is 2. The van der Waals surface area contributed by atoms with Crippen molar-refractivity contribution in [3.63, 3.8) is 0 Å². The van der Waals surface area contributed by atoms with Crippen LogP contribution in [0.4, 0.5) is 4.39 Å². The summed E-state index contributed by atoms with van der Waals surface area (Å²) in [6.45, 7) is 7.15. The van der Waals surface area contributed by atoms with E-state index in [4.69, 9.17) is 4.52 Å². The second kappa shape index (κ2) is 7.04. The Balaban J connectivity index is 1.79. The largest absolute Gasteiger partial charge is 0.339 e. The van der Waals surface area contributed by atoms with E-state index in [1.165, 1.54) is 12.1 Å². The Bertz CT molecular complexity index is 563. The van der Waals surface area contributed by atoms with Crippen molar-refractivity contribution in [2.75, 3.05) is 6.54 Å². The fourth-order valence-electron chi connectivity index (χ4n) is 1.67. The van der Waals surface area contributed by atoms with Crippen LogP contribution in [-0.4, -0.2) is 22.2 Å². The molecule has 0 atom stereocenters. The second-order valence-corrected chi connectivity index (χ2v) is 6.82. The van der Waals surface area contributed by atoms with Crippen molar-refractivity contribution >= 4 is 11.8 Å². The topological polar surface area (TPSA) is 51.0 Å². The van der Waals surface area contributed by atoms with Crippen LogP contribution in [-0.2, 0) is 12.2 Å². The van der Waals surface area contributed by atoms with Crippen molar-refractivity contribution in [3.05, 3.63) is 41.8 Å². The first kappa shape index (κ1) is 16.0. The molecule has 1 aromatic carbocycles. The number of rotatable bonds is 6. The Labute approximate surface area is 128 Å². The molecule has 0 spiro atoms. The summed E-state index contributed by atoms with van der Waals surface area (Å²) < 4.78 is 18.0. The van der Waals surface area contributed by atoms with Gasteiger partial charge in [-0.1, -0.05) is 5.16 Å². The molecule has 0 unspecified atom stereocenters. The lowest BCUT2D eigenvalue weighted by atomic mass is 10.1. The SMILES string of the molecule is CC(C)(C)NCCc1nc(CSc2ccc(F)cc2)no1. The molecule has 4 nitrogen and oxygen atoms in total. The van der Waals surface area contributed by atoms with E-state index in [-0.39, 0.29) is 11.4 Å². The molecule has 1 aromatic heterocycles. The van der Waals surface area contributed by atoms with Gasteiger partial charge in [0.2, 0.25) is 5.89 Å². The van der Waals surface area contributed by atoms with Gasteiger partial charge in [0.15, 0.2) is 5.82 Å². The number of thioether (sulfide) groups is 1. The molecule has 2 aromatic rings. The average Bonchev–Trinajstić information content (AvgIpc) is 2.85. The molecule has 0 aliphatic rings. The van der Waals surface area contributed by atoms with Crippen molar-refractivity contribution in [1.82, 2.24) is 15.5 Å². The summed E-state index contributed by atoms with van der Waals surface area (Å²) >= 11 is 1.56. The van der Waals surface area contributed by atoms with E-state index in [0.29, 0.717) is 23.9 Å². The van der Waals surface area contributed by atoms with E-state index in [2.05, 4.69) is 36.2 Å². The van der Waals surface area contributed by atoms with E-state index in [1.807, 2.05) is 0 Å². The quantitative estimate of drug-likeness (QED) is 0.829. The zero-order valence-corrected chi connectivity index (χ0v) is 13.3. The van der Waals surface area contributed by atoms with Gasteiger partial charge in [-0.05, 0) is 45.0 Å². The Hall–Kier alpha value is -1.40. The zero-order valence-electron chi connectivity index (χ0n) is 12.5. The smallest absolute Gasteiger partial charge is 0.227 e. The monoisotopic (exact) mass is 309 g/mol. The zero-order chi connectivity index (χ0) is 15.3. The van der Waals surface area contributed by atoms with E-state index < -0.39 is 0 Å². The highest BCUT2D eigenvalue weighted by Gasteiger charge is 2.11. The average molecular weight is 309 g/mol. The fraction of sp³-hybridized carbons (Fsp3) is 0.467. The second-order valence-electron chi connectivity index (χ2n) is 5.77. The Morgan fingerprint density at radius 3 is 2.62 bits per heavy atom. The Kier molecular flexibility index (Phi) is 5.36. The first-order chi connectivity index (χ1) is 9.92. The van der Waals surface area contributed by atoms with Gasteiger partial charge in [0.25, 0.3) is 0 Å². The van der Waals surface area contributed by atoms with Crippen LogP contribution >= 0.6 is 11.8 Å². The lowest BCUT2D eigenvalue weighted by molar-refractivity contribution is 0.359. The van der Waals surface area contributed by atoms with Gasteiger partial charge in [0, 0.05) is 23.4 Å². The highest BCUT2D eigenvalue weighted by atomic mass is 32.2. The summed E-state index contributed by atoms with van der Waals surface area (Å²) in [4.78, 5) is 5.33. The molecule has 2 rings (SSSR count). The third-order valence-electron chi connectivity index (χ3n) is 2.69. The molecule has 1 heterocycles. The minimum atomic E-state index is -0.229. The third kappa shape index (κ3) is 5.85. The maximum absolute atomic E-state index is 12.8. The standard InChI is InChI=1S/C15H20FN3OS/c1-15(2,3)17-9-8-14-18-13(19-20-14)10-21-12-6-4-11(16)5-7-12/h4-7,17H,8-10H2,1-3H3. The third-order valence-corrected chi connectivity index (χ3v) is 3.69. The predicted molar refractivity (Wildman–Crippen MR) is 81.7 cm³/mol. The number of nitrogens with one attached hydrogen (secondary N) is 1. The maximum atomic E-state index is 12.8. The van der Waals surface area contributed by atoms with Gasteiger partial charge in [0.1, 0.15) is 5.82 Å². The number of benzene rings is 1. The molecular weight excluding hydrogens is 289 g/mol. The van der Waals surface area contributed by atoms with Crippen molar-refractivity contribution in [2.24, 2.45) is 0 Å². The molecule has 0 saturated heterocycles. The predicted octanol–water partition coefficient (Wildman–Crippen LogP) is 3.43. The molecule has 0 aliphatic heterocycles. The molecule has 114 valence electrons. The number of halogens is 1. The molecule has 1 N–H and O–H groups in total. The van der Waals surface area contributed by atoms with Crippen LogP contribution in [0.5, 0.6) is 0 Å². The van der Waals surface area contributed by atoms with Gasteiger partial charge in [-0.3, -0.25) is 0 Å². The summed E-state index contributed by atoms with van der Waals surface area (Å²) in [6.07, 6.45) is 0.714. The molecule has 0 amide bonds. The van der Waals surface area contributed by atoms with E-state index >= 15 is 0 Å². The summed E-state index contributed by atoms with van der Waals surface area (Å²) in [5.74, 6) is 1.69. The summed E-state index contributed by atoms with van der Waals surface area (Å²) in [7, 11) is 0. The van der Waals surface area contributed by atoms with Crippen LogP contribution in [0.2, 0.25) is 0 Å². The van der Waals surface area contributed by atoms with Gasteiger partial charge in [-0.15, -0.1) is 11.8 Å². The van der Waals surface area contributed by atoms with Gasteiger partial charge in [-0.2, -0.15) is 4.98 Å². The van der Waals surface area contributed by atoms with Crippen molar-refractivity contribution < 1.29 is 8.91 Å². The molecule has 0 bridgehead atoms. The first-order valence-corrected chi connectivity index (χ1v) is 7.86.